The van der Waals surface area contributed by atoms with Crippen molar-refractivity contribution in [2.24, 2.45) is 0 Å². The van der Waals surface area contributed by atoms with Crippen LogP contribution in [0.3, 0.4) is 0 Å². The van der Waals surface area contributed by atoms with Crippen molar-refractivity contribution >= 4 is 22.2 Å². The summed E-state index contributed by atoms with van der Waals surface area (Å²) in [6.07, 6.45) is 7.43. The topological polar surface area (TPSA) is 63.4 Å². The van der Waals surface area contributed by atoms with Gasteiger partial charge in [0.25, 0.3) is 0 Å². The van der Waals surface area contributed by atoms with Gasteiger partial charge >= 0.3 is 0 Å². The summed E-state index contributed by atoms with van der Waals surface area (Å²) >= 11 is 1.51. The summed E-state index contributed by atoms with van der Waals surface area (Å²) in [6.45, 7) is 3.08. The average molecular weight is 293 g/mol. The second kappa shape index (κ2) is 5.87. The second-order valence-electron chi connectivity index (χ2n) is 5.20. The minimum Gasteiger partial charge on any atom is -0.340 e. The maximum Gasteiger partial charge on any atom is 0.234 e. The molecule has 2 aromatic heterocycles. The van der Waals surface area contributed by atoms with Crippen LogP contribution in [0.25, 0.3) is 4.96 Å². The first-order valence-corrected chi connectivity index (χ1v) is 8.04. The predicted molar refractivity (Wildman–Crippen MR) is 76.6 cm³/mol. The Kier molecular flexibility index (Phi) is 3.95. The minimum absolute atomic E-state index is 0.266. The number of fused-ring (bicyclic) bond motifs is 1. The van der Waals surface area contributed by atoms with E-state index in [4.69, 9.17) is 0 Å². The zero-order valence-electron chi connectivity index (χ0n) is 11.7. The van der Waals surface area contributed by atoms with E-state index in [1.807, 2.05) is 0 Å². The van der Waals surface area contributed by atoms with E-state index in [0.29, 0.717) is 18.9 Å². The van der Waals surface area contributed by atoms with Crippen LogP contribution in [0.1, 0.15) is 44.0 Å². The van der Waals surface area contributed by atoms with E-state index in [-0.39, 0.29) is 5.91 Å². The van der Waals surface area contributed by atoms with E-state index in [0.717, 1.165) is 35.8 Å². The zero-order chi connectivity index (χ0) is 13.9. The van der Waals surface area contributed by atoms with Crippen molar-refractivity contribution < 1.29 is 4.79 Å². The Morgan fingerprint density at radius 2 is 2.40 bits per heavy atom. The van der Waals surface area contributed by atoms with Crippen LogP contribution < -0.4 is 0 Å². The molecule has 3 rings (SSSR count). The molecule has 0 aromatic carbocycles. The molecule has 6 nitrogen and oxygen atoms in total. The van der Waals surface area contributed by atoms with Crippen molar-refractivity contribution in [1.82, 2.24) is 24.7 Å². The molecule has 20 heavy (non-hydrogen) atoms. The summed E-state index contributed by atoms with van der Waals surface area (Å²) in [5, 5.41) is 13.1. The highest BCUT2D eigenvalue weighted by Crippen LogP contribution is 2.21. The molecule has 1 saturated heterocycles. The Bertz CT molecular complexity index is 564. The van der Waals surface area contributed by atoms with Crippen LogP contribution in [-0.4, -0.2) is 43.2 Å². The highest BCUT2D eigenvalue weighted by molar-refractivity contribution is 7.16. The standard InChI is InChI=1S/C13H19N5OS/c1-2-10-5-3-4-8-17(10)12(19)7-6-11-16-18-9-14-15-13(18)20-11/h9-10H,2-8H2,1H3. The van der Waals surface area contributed by atoms with Gasteiger partial charge in [0.05, 0.1) is 0 Å². The molecule has 1 amide bonds. The Hall–Kier alpha value is -1.50. The molecule has 108 valence electrons. The fourth-order valence-electron chi connectivity index (χ4n) is 2.81. The average Bonchev–Trinajstić information content (AvgIpc) is 3.05. The molecule has 1 atom stereocenters. The lowest BCUT2D eigenvalue weighted by Gasteiger charge is -2.35. The first-order valence-electron chi connectivity index (χ1n) is 7.23. The number of nitrogens with zero attached hydrogens (tertiary/aromatic N) is 5. The van der Waals surface area contributed by atoms with Crippen molar-refractivity contribution in [3.05, 3.63) is 11.3 Å². The molecule has 1 unspecified atom stereocenters. The Morgan fingerprint density at radius 3 is 3.20 bits per heavy atom. The molecule has 0 spiro atoms. The molecule has 0 N–H and O–H groups in total. The van der Waals surface area contributed by atoms with Crippen molar-refractivity contribution in [2.45, 2.75) is 51.5 Å². The molecule has 1 aliphatic rings. The van der Waals surface area contributed by atoms with Gasteiger partial charge in [-0.15, -0.1) is 10.2 Å². The monoisotopic (exact) mass is 293 g/mol. The van der Waals surface area contributed by atoms with Gasteiger partial charge in [0.2, 0.25) is 10.9 Å². The number of carbonyl (C=O) groups is 1. The molecule has 0 aliphatic carbocycles. The summed E-state index contributed by atoms with van der Waals surface area (Å²) in [6, 6.07) is 0.439. The summed E-state index contributed by atoms with van der Waals surface area (Å²) in [5.41, 5.74) is 0. The van der Waals surface area contributed by atoms with Crippen LogP contribution in [-0.2, 0) is 11.2 Å². The van der Waals surface area contributed by atoms with Gasteiger partial charge in [-0.3, -0.25) is 4.79 Å². The molecule has 1 aliphatic heterocycles. The summed E-state index contributed by atoms with van der Waals surface area (Å²) in [4.78, 5) is 15.2. The Labute approximate surface area is 121 Å². The van der Waals surface area contributed by atoms with Gasteiger partial charge in [0.15, 0.2) is 0 Å². The Balaban J connectivity index is 1.59. The van der Waals surface area contributed by atoms with Crippen LogP contribution in [0.5, 0.6) is 0 Å². The SMILES string of the molecule is CCC1CCCCN1C(=O)CCc1nn2cnnc2s1. The molecular formula is C13H19N5OS. The fraction of sp³-hybridized carbons (Fsp3) is 0.692. The third kappa shape index (κ3) is 2.67. The number of amides is 1. The third-order valence-electron chi connectivity index (χ3n) is 3.90. The number of hydrogen-bond donors (Lipinski definition) is 0. The van der Waals surface area contributed by atoms with Crippen LogP contribution in [0.4, 0.5) is 0 Å². The highest BCUT2D eigenvalue weighted by atomic mass is 32.1. The van der Waals surface area contributed by atoms with Gasteiger partial charge in [-0.1, -0.05) is 18.3 Å². The number of aromatic nitrogens is 4. The van der Waals surface area contributed by atoms with Gasteiger partial charge in [0.1, 0.15) is 11.3 Å². The fourth-order valence-corrected chi connectivity index (χ4v) is 3.63. The maximum atomic E-state index is 12.4. The van der Waals surface area contributed by atoms with Crippen LogP contribution in [0.15, 0.2) is 6.33 Å². The van der Waals surface area contributed by atoms with Gasteiger partial charge in [0, 0.05) is 25.4 Å². The minimum atomic E-state index is 0.266. The molecular weight excluding hydrogens is 274 g/mol. The second-order valence-corrected chi connectivity index (χ2v) is 6.24. The first-order chi connectivity index (χ1) is 9.78. The zero-order valence-corrected chi connectivity index (χ0v) is 12.5. The number of likely N-dealkylation sites (tertiary alicyclic amines) is 1. The molecule has 3 heterocycles. The van der Waals surface area contributed by atoms with Gasteiger partial charge in [-0.25, -0.2) is 0 Å². The maximum absolute atomic E-state index is 12.4. The molecule has 2 aromatic rings. The Morgan fingerprint density at radius 1 is 1.50 bits per heavy atom. The molecule has 1 fully saturated rings. The van der Waals surface area contributed by atoms with Gasteiger partial charge in [-0.05, 0) is 25.7 Å². The summed E-state index contributed by atoms with van der Waals surface area (Å²) in [7, 11) is 0. The normalized spacial score (nSPS) is 19.6. The first kappa shape index (κ1) is 13.5. The number of carbonyl (C=O) groups excluding carboxylic acids is 1. The summed E-state index contributed by atoms with van der Waals surface area (Å²) < 4.78 is 1.67. The number of piperidine rings is 1. The van der Waals surface area contributed by atoms with Crippen molar-refractivity contribution in [2.75, 3.05) is 6.54 Å². The smallest absolute Gasteiger partial charge is 0.234 e. The lowest BCUT2D eigenvalue weighted by atomic mass is 9.99. The predicted octanol–water partition coefficient (Wildman–Crippen LogP) is 1.91. The number of hydrogen-bond acceptors (Lipinski definition) is 5. The highest BCUT2D eigenvalue weighted by Gasteiger charge is 2.25. The van der Waals surface area contributed by atoms with E-state index in [2.05, 4.69) is 27.1 Å². The van der Waals surface area contributed by atoms with E-state index in [1.165, 1.54) is 17.8 Å². The van der Waals surface area contributed by atoms with Crippen LogP contribution >= 0.6 is 11.3 Å². The number of rotatable bonds is 4. The van der Waals surface area contributed by atoms with E-state index in [9.17, 15) is 4.79 Å². The van der Waals surface area contributed by atoms with Crippen LogP contribution in [0, 0.1) is 0 Å². The van der Waals surface area contributed by atoms with Crippen molar-refractivity contribution in [3.63, 3.8) is 0 Å². The van der Waals surface area contributed by atoms with Gasteiger partial charge in [-0.2, -0.15) is 9.61 Å². The van der Waals surface area contributed by atoms with E-state index in [1.54, 1.807) is 10.8 Å². The van der Waals surface area contributed by atoms with Gasteiger partial charge < -0.3 is 4.90 Å². The molecule has 0 radical (unpaired) electrons. The van der Waals surface area contributed by atoms with E-state index < -0.39 is 0 Å². The van der Waals surface area contributed by atoms with Crippen LogP contribution in [0.2, 0.25) is 0 Å². The van der Waals surface area contributed by atoms with Crippen molar-refractivity contribution in [3.8, 4) is 0 Å². The lowest BCUT2D eigenvalue weighted by molar-refractivity contribution is -0.134. The van der Waals surface area contributed by atoms with Crippen molar-refractivity contribution in [1.29, 1.82) is 0 Å². The number of aryl methyl sites for hydroxylation is 1. The lowest BCUT2D eigenvalue weighted by Crippen LogP contribution is -2.43. The summed E-state index contributed by atoms with van der Waals surface area (Å²) in [5.74, 6) is 0.266. The molecule has 7 heteroatoms. The largest absolute Gasteiger partial charge is 0.340 e. The third-order valence-corrected chi connectivity index (χ3v) is 4.87. The van der Waals surface area contributed by atoms with E-state index >= 15 is 0 Å². The molecule has 0 saturated carbocycles. The quantitative estimate of drug-likeness (QED) is 0.864. The molecule has 0 bridgehead atoms.